The van der Waals surface area contributed by atoms with Crippen molar-refractivity contribution in [1.82, 2.24) is 5.16 Å². The normalized spacial score (nSPS) is 10.5. The maximum Gasteiger partial charge on any atom is 0.345 e. The van der Waals surface area contributed by atoms with Gasteiger partial charge in [-0.2, -0.15) is 0 Å². The van der Waals surface area contributed by atoms with Crippen LogP contribution in [0, 0.1) is 0 Å². The van der Waals surface area contributed by atoms with E-state index in [2.05, 4.69) is 10.5 Å². The molecule has 0 radical (unpaired) electrons. The van der Waals surface area contributed by atoms with Crippen molar-refractivity contribution < 1.29 is 23.6 Å². The van der Waals surface area contributed by atoms with Gasteiger partial charge in [0.05, 0.1) is 35.2 Å². The number of anilines is 1. The first-order valence-electron chi connectivity index (χ1n) is 8.62. The summed E-state index contributed by atoms with van der Waals surface area (Å²) in [6.45, 7) is 0.0560. The zero-order chi connectivity index (χ0) is 21.7. The van der Waals surface area contributed by atoms with Crippen LogP contribution in [0.1, 0.15) is 16.8 Å². The highest BCUT2D eigenvalue weighted by atomic mass is 35.5. The van der Waals surface area contributed by atoms with Gasteiger partial charge >= 0.3 is 5.97 Å². The van der Waals surface area contributed by atoms with Gasteiger partial charge in [0.1, 0.15) is 11.4 Å². The largest absolute Gasteiger partial charge is 0.491 e. The van der Waals surface area contributed by atoms with Crippen LogP contribution < -0.4 is 10.1 Å². The first kappa shape index (κ1) is 22.0. The summed E-state index contributed by atoms with van der Waals surface area (Å²) in [5, 5.41) is 7.29. The van der Waals surface area contributed by atoms with Crippen molar-refractivity contribution in [3.05, 3.63) is 63.1 Å². The van der Waals surface area contributed by atoms with Crippen molar-refractivity contribution in [1.29, 1.82) is 0 Å². The second-order valence-corrected chi connectivity index (χ2v) is 7.12. The van der Waals surface area contributed by atoms with Crippen molar-refractivity contribution in [2.75, 3.05) is 19.0 Å². The quantitative estimate of drug-likeness (QED) is 0.460. The zero-order valence-electron chi connectivity index (χ0n) is 15.6. The summed E-state index contributed by atoms with van der Waals surface area (Å²) >= 11 is 18.4. The van der Waals surface area contributed by atoms with E-state index in [1.54, 1.807) is 42.5 Å². The second kappa shape index (κ2) is 9.84. The van der Waals surface area contributed by atoms with Crippen LogP contribution in [-0.4, -0.2) is 30.7 Å². The number of hydrogen-bond acceptors (Lipinski definition) is 6. The number of para-hydroxylation sites is 1. The zero-order valence-corrected chi connectivity index (χ0v) is 17.8. The molecule has 0 spiro atoms. The van der Waals surface area contributed by atoms with Gasteiger partial charge in [0.2, 0.25) is 11.8 Å². The highest BCUT2D eigenvalue weighted by Crippen LogP contribution is 2.38. The predicted octanol–water partition coefficient (Wildman–Crippen LogP) is 5.50. The number of ether oxygens (including phenoxy) is 2. The van der Waals surface area contributed by atoms with Crippen LogP contribution in [0.15, 0.2) is 47.0 Å². The standard InChI is InChI=1S/C20H15Cl3N2O5/c1-28-20(27)17-18(16-12(22)6-4-7-13(16)23)25-30-19(17)24-15(26)9-10-29-14-8-3-2-5-11(14)21/h2-8H,9-10H2,1H3,(H,24,26). The van der Waals surface area contributed by atoms with Crippen LogP contribution in [0.4, 0.5) is 5.88 Å². The van der Waals surface area contributed by atoms with E-state index < -0.39 is 11.9 Å². The number of nitrogens with zero attached hydrogens (tertiary/aromatic N) is 1. The molecule has 0 unspecified atom stereocenters. The molecule has 0 aliphatic heterocycles. The molecule has 3 aromatic rings. The van der Waals surface area contributed by atoms with Crippen molar-refractivity contribution in [2.45, 2.75) is 6.42 Å². The molecule has 2 aromatic carbocycles. The fourth-order valence-corrected chi connectivity index (χ4v) is 3.33. The van der Waals surface area contributed by atoms with Crippen molar-refractivity contribution in [3.63, 3.8) is 0 Å². The number of carbonyl (C=O) groups excluding carboxylic acids is 2. The Morgan fingerprint density at radius 2 is 1.70 bits per heavy atom. The van der Waals surface area contributed by atoms with Gasteiger partial charge in [0, 0.05) is 5.56 Å². The van der Waals surface area contributed by atoms with E-state index in [1.807, 2.05) is 0 Å². The number of carbonyl (C=O) groups is 2. The van der Waals surface area contributed by atoms with E-state index in [9.17, 15) is 9.59 Å². The van der Waals surface area contributed by atoms with Gasteiger partial charge in [0.25, 0.3) is 0 Å². The summed E-state index contributed by atoms with van der Waals surface area (Å²) < 4.78 is 15.5. The smallest absolute Gasteiger partial charge is 0.345 e. The van der Waals surface area contributed by atoms with Crippen molar-refractivity contribution >= 4 is 52.6 Å². The number of nitrogens with one attached hydrogen (secondary N) is 1. The minimum Gasteiger partial charge on any atom is -0.491 e. The SMILES string of the molecule is COC(=O)c1c(-c2c(Cl)cccc2Cl)noc1NC(=O)CCOc1ccccc1Cl. The maximum absolute atomic E-state index is 12.3. The summed E-state index contributed by atoms with van der Waals surface area (Å²) in [6.07, 6.45) is -0.0330. The summed E-state index contributed by atoms with van der Waals surface area (Å²) in [5.41, 5.74) is 0.237. The van der Waals surface area contributed by atoms with E-state index in [0.29, 0.717) is 10.8 Å². The van der Waals surface area contributed by atoms with E-state index >= 15 is 0 Å². The number of methoxy groups -OCH3 is 1. The van der Waals surface area contributed by atoms with Crippen LogP contribution >= 0.6 is 34.8 Å². The lowest BCUT2D eigenvalue weighted by molar-refractivity contribution is -0.116. The van der Waals surface area contributed by atoms with Gasteiger partial charge in [-0.25, -0.2) is 4.79 Å². The molecule has 0 fully saturated rings. The second-order valence-electron chi connectivity index (χ2n) is 5.90. The molecule has 7 nitrogen and oxygen atoms in total. The number of amides is 1. The molecule has 0 saturated heterocycles. The number of rotatable bonds is 7. The third kappa shape index (κ3) is 4.87. The Labute approximate surface area is 186 Å². The molecule has 0 aliphatic carbocycles. The molecule has 1 heterocycles. The van der Waals surface area contributed by atoms with E-state index in [0.717, 1.165) is 0 Å². The van der Waals surface area contributed by atoms with E-state index in [1.165, 1.54) is 7.11 Å². The fourth-order valence-electron chi connectivity index (χ4n) is 2.57. The maximum atomic E-state index is 12.3. The van der Waals surface area contributed by atoms with Gasteiger partial charge in [-0.15, -0.1) is 0 Å². The topological polar surface area (TPSA) is 90.7 Å². The number of halogens is 3. The van der Waals surface area contributed by atoms with E-state index in [4.69, 9.17) is 48.8 Å². The van der Waals surface area contributed by atoms with Crippen LogP contribution in [0.2, 0.25) is 15.1 Å². The first-order valence-corrected chi connectivity index (χ1v) is 9.75. The lowest BCUT2D eigenvalue weighted by Gasteiger charge is -2.08. The molecule has 156 valence electrons. The fraction of sp³-hybridized carbons (Fsp3) is 0.150. The Kier molecular flexibility index (Phi) is 7.20. The van der Waals surface area contributed by atoms with Crippen LogP contribution in [0.3, 0.4) is 0 Å². The molecule has 0 aliphatic rings. The number of benzene rings is 2. The molecular weight excluding hydrogens is 455 g/mol. The monoisotopic (exact) mass is 468 g/mol. The molecule has 1 N–H and O–H groups in total. The molecule has 0 bridgehead atoms. The van der Waals surface area contributed by atoms with Crippen molar-refractivity contribution in [2.24, 2.45) is 0 Å². The van der Waals surface area contributed by atoms with Gasteiger partial charge < -0.3 is 14.0 Å². The highest BCUT2D eigenvalue weighted by molar-refractivity contribution is 6.39. The predicted molar refractivity (Wildman–Crippen MR) is 113 cm³/mol. The molecular formula is C20H15Cl3N2O5. The molecule has 30 heavy (non-hydrogen) atoms. The average molecular weight is 470 g/mol. The van der Waals surface area contributed by atoms with Crippen LogP contribution in [0.25, 0.3) is 11.3 Å². The third-order valence-corrected chi connectivity index (χ3v) is 4.90. The Hall–Kier alpha value is -2.74. The lowest BCUT2D eigenvalue weighted by Crippen LogP contribution is -2.17. The number of aromatic nitrogens is 1. The summed E-state index contributed by atoms with van der Waals surface area (Å²) in [7, 11) is 1.19. The van der Waals surface area contributed by atoms with Gasteiger partial charge in [0.15, 0.2) is 5.56 Å². The molecule has 1 amide bonds. The van der Waals surface area contributed by atoms with Crippen LogP contribution in [0.5, 0.6) is 5.75 Å². The number of esters is 1. The van der Waals surface area contributed by atoms with Gasteiger partial charge in [-0.05, 0) is 24.3 Å². The van der Waals surface area contributed by atoms with Crippen LogP contribution in [-0.2, 0) is 9.53 Å². The molecule has 0 atom stereocenters. The Morgan fingerprint density at radius 1 is 1.03 bits per heavy atom. The Bertz CT molecular complexity index is 1060. The summed E-state index contributed by atoms with van der Waals surface area (Å²) in [5.74, 6) is -0.974. The average Bonchev–Trinajstić information content (AvgIpc) is 3.11. The molecule has 1 aromatic heterocycles. The Morgan fingerprint density at radius 3 is 2.37 bits per heavy atom. The van der Waals surface area contributed by atoms with Gasteiger partial charge in [-0.3, -0.25) is 10.1 Å². The summed E-state index contributed by atoms with van der Waals surface area (Å²) in [4.78, 5) is 24.6. The molecule has 0 saturated carbocycles. The lowest BCUT2D eigenvalue weighted by atomic mass is 10.1. The van der Waals surface area contributed by atoms with Crippen molar-refractivity contribution in [3.8, 4) is 17.0 Å². The first-order chi connectivity index (χ1) is 14.4. The number of hydrogen-bond donors (Lipinski definition) is 1. The van der Waals surface area contributed by atoms with Gasteiger partial charge in [-0.1, -0.05) is 58.2 Å². The highest BCUT2D eigenvalue weighted by Gasteiger charge is 2.28. The van der Waals surface area contributed by atoms with E-state index in [-0.39, 0.29) is 45.8 Å². The third-order valence-electron chi connectivity index (χ3n) is 3.96. The molecule has 3 rings (SSSR count). The minimum absolute atomic E-state index is 0.0330. The Balaban J connectivity index is 1.77. The summed E-state index contributed by atoms with van der Waals surface area (Å²) in [6, 6.07) is 11.7. The minimum atomic E-state index is -0.773. The molecule has 10 heteroatoms.